The van der Waals surface area contributed by atoms with E-state index in [0.29, 0.717) is 32.9 Å². The monoisotopic (exact) mass is 294 g/mol. The minimum absolute atomic E-state index is 0.178. The summed E-state index contributed by atoms with van der Waals surface area (Å²) in [5, 5.41) is 1.00. The first-order chi connectivity index (χ1) is 9.22. The molecule has 19 heavy (non-hydrogen) atoms. The number of nitrogens with zero attached hydrogens (tertiary/aromatic N) is 2. The normalized spacial score (nSPS) is 10.8. The van der Waals surface area contributed by atoms with Gasteiger partial charge in [0.25, 0.3) is 0 Å². The molecule has 0 aliphatic carbocycles. The van der Waals surface area contributed by atoms with Crippen molar-refractivity contribution in [1.29, 1.82) is 0 Å². The van der Waals surface area contributed by atoms with Crippen LogP contribution in [-0.2, 0) is 6.61 Å². The first-order valence-corrected chi connectivity index (χ1v) is 6.26. The summed E-state index contributed by atoms with van der Waals surface area (Å²) < 4.78 is 11.0. The molecule has 0 atom stereocenters. The number of hydrogen-bond acceptors (Lipinski definition) is 4. The van der Waals surface area contributed by atoms with E-state index in [1.54, 1.807) is 30.5 Å². The minimum atomic E-state index is 0.178. The molecular weight excluding hydrogens is 287 g/mol. The van der Waals surface area contributed by atoms with E-state index in [4.69, 9.17) is 32.4 Å². The summed E-state index contributed by atoms with van der Waals surface area (Å²) in [4.78, 5) is 8.31. The highest BCUT2D eigenvalue weighted by atomic mass is 35.5. The number of oxazole rings is 1. The van der Waals surface area contributed by atoms with Gasteiger partial charge in [-0.3, -0.25) is 0 Å². The fraction of sp³-hybridized carbons (Fsp3) is 0.0769. The van der Waals surface area contributed by atoms with E-state index < -0.39 is 0 Å². The zero-order valence-electron chi connectivity index (χ0n) is 9.64. The molecule has 3 rings (SSSR count). The molecule has 96 valence electrons. The molecule has 0 amide bonds. The lowest BCUT2D eigenvalue weighted by atomic mass is 10.3. The van der Waals surface area contributed by atoms with Crippen molar-refractivity contribution in [2.24, 2.45) is 0 Å². The van der Waals surface area contributed by atoms with Crippen molar-refractivity contribution < 1.29 is 9.15 Å². The van der Waals surface area contributed by atoms with Crippen molar-refractivity contribution in [3.05, 3.63) is 52.5 Å². The van der Waals surface area contributed by atoms with Gasteiger partial charge in [-0.05, 0) is 30.3 Å². The Labute approximate surface area is 118 Å². The number of aromatic nitrogens is 2. The second kappa shape index (κ2) is 5.07. The predicted molar refractivity (Wildman–Crippen MR) is 72.6 cm³/mol. The van der Waals surface area contributed by atoms with Gasteiger partial charge in [0.2, 0.25) is 11.6 Å². The molecule has 0 unspecified atom stereocenters. The summed E-state index contributed by atoms with van der Waals surface area (Å²) in [6, 6.07) is 8.64. The molecule has 0 radical (unpaired) electrons. The Bertz CT molecular complexity index is 694. The molecule has 0 spiro atoms. The number of pyridine rings is 1. The van der Waals surface area contributed by atoms with Crippen LogP contribution < -0.4 is 4.74 Å². The van der Waals surface area contributed by atoms with Crippen LogP contribution in [0.2, 0.25) is 10.0 Å². The molecule has 2 heterocycles. The molecule has 2 aromatic heterocycles. The van der Waals surface area contributed by atoms with Gasteiger partial charge in [-0.2, -0.15) is 0 Å². The molecule has 0 saturated heterocycles. The van der Waals surface area contributed by atoms with Crippen LogP contribution in [0.15, 0.2) is 40.9 Å². The molecule has 0 fully saturated rings. The van der Waals surface area contributed by atoms with Crippen LogP contribution in [0.3, 0.4) is 0 Å². The van der Waals surface area contributed by atoms with Gasteiger partial charge >= 0.3 is 0 Å². The highest BCUT2D eigenvalue weighted by molar-refractivity contribution is 6.35. The maximum absolute atomic E-state index is 6.00. The van der Waals surface area contributed by atoms with Gasteiger partial charge < -0.3 is 9.15 Å². The van der Waals surface area contributed by atoms with Crippen molar-refractivity contribution in [3.8, 4) is 5.75 Å². The third-order valence-corrected chi connectivity index (χ3v) is 2.99. The van der Waals surface area contributed by atoms with Crippen molar-refractivity contribution in [1.82, 2.24) is 9.97 Å². The fourth-order valence-corrected chi connectivity index (χ4v) is 2.07. The summed E-state index contributed by atoms with van der Waals surface area (Å²) in [6.07, 6.45) is 1.65. The number of benzene rings is 1. The average Bonchev–Trinajstić information content (AvgIpc) is 2.80. The van der Waals surface area contributed by atoms with Crippen LogP contribution in [0, 0.1) is 0 Å². The van der Waals surface area contributed by atoms with Gasteiger partial charge in [-0.25, -0.2) is 9.97 Å². The first kappa shape index (κ1) is 12.3. The van der Waals surface area contributed by atoms with Crippen LogP contribution in [0.4, 0.5) is 0 Å². The maximum atomic E-state index is 6.00. The Morgan fingerprint density at radius 1 is 1.21 bits per heavy atom. The van der Waals surface area contributed by atoms with Gasteiger partial charge in [-0.1, -0.05) is 23.2 Å². The zero-order valence-corrected chi connectivity index (χ0v) is 11.1. The Morgan fingerprint density at radius 3 is 2.89 bits per heavy atom. The average molecular weight is 295 g/mol. The molecule has 0 saturated carbocycles. The van der Waals surface area contributed by atoms with Crippen LogP contribution in [-0.4, -0.2) is 9.97 Å². The number of fused-ring (bicyclic) bond motifs is 1. The maximum Gasteiger partial charge on any atom is 0.247 e. The van der Waals surface area contributed by atoms with Crippen LogP contribution in [0.5, 0.6) is 5.75 Å². The second-order valence-electron chi connectivity index (χ2n) is 3.80. The van der Waals surface area contributed by atoms with E-state index in [-0.39, 0.29) is 6.61 Å². The standard InChI is InChI=1S/C13H8Cl2N2O2/c14-8-3-4-11(9(15)6-8)18-7-12-17-10-2-1-5-16-13(10)19-12/h1-6H,7H2. The topological polar surface area (TPSA) is 48.2 Å². The number of hydrogen-bond donors (Lipinski definition) is 0. The van der Waals surface area contributed by atoms with Crippen molar-refractivity contribution in [3.63, 3.8) is 0 Å². The van der Waals surface area contributed by atoms with Crippen molar-refractivity contribution in [2.75, 3.05) is 0 Å². The highest BCUT2D eigenvalue weighted by Crippen LogP contribution is 2.28. The van der Waals surface area contributed by atoms with E-state index in [2.05, 4.69) is 9.97 Å². The zero-order chi connectivity index (χ0) is 13.2. The number of ether oxygens (including phenoxy) is 1. The minimum Gasteiger partial charge on any atom is -0.482 e. The highest BCUT2D eigenvalue weighted by Gasteiger charge is 2.08. The van der Waals surface area contributed by atoms with E-state index in [0.717, 1.165) is 0 Å². The lowest BCUT2D eigenvalue weighted by Crippen LogP contribution is -1.95. The molecule has 3 aromatic rings. The summed E-state index contributed by atoms with van der Waals surface area (Å²) in [7, 11) is 0. The lowest BCUT2D eigenvalue weighted by molar-refractivity contribution is 0.267. The third-order valence-electron chi connectivity index (χ3n) is 2.46. The molecule has 0 N–H and O–H groups in total. The van der Waals surface area contributed by atoms with E-state index in [1.807, 2.05) is 6.07 Å². The number of rotatable bonds is 3. The van der Waals surface area contributed by atoms with Gasteiger partial charge in [0.1, 0.15) is 11.3 Å². The van der Waals surface area contributed by atoms with Crippen molar-refractivity contribution in [2.45, 2.75) is 6.61 Å². The quantitative estimate of drug-likeness (QED) is 0.729. The Morgan fingerprint density at radius 2 is 2.11 bits per heavy atom. The smallest absolute Gasteiger partial charge is 0.247 e. The van der Waals surface area contributed by atoms with Gasteiger partial charge in [0, 0.05) is 11.2 Å². The molecular formula is C13H8Cl2N2O2. The van der Waals surface area contributed by atoms with E-state index in [9.17, 15) is 0 Å². The van der Waals surface area contributed by atoms with E-state index >= 15 is 0 Å². The van der Waals surface area contributed by atoms with Crippen LogP contribution in [0.25, 0.3) is 11.2 Å². The van der Waals surface area contributed by atoms with Gasteiger partial charge in [-0.15, -0.1) is 0 Å². The summed E-state index contributed by atoms with van der Waals surface area (Å²) in [6.45, 7) is 0.178. The molecule has 1 aromatic carbocycles. The fourth-order valence-electron chi connectivity index (χ4n) is 1.61. The first-order valence-electron chi connectivity index (χ1n) is 5.50. The molecule has 0 bridgehead atoms. The lowest BCUT2D eigenvalue weighted by Gasteiger charge is -2.05. The Hall–Kier alpha value is -1.78. The predicted octanol–water partition coefficient (Wildman–Crippen LogP) is 4.11. The molecule has 0 aliphatic rings. The SMILES string of the molecule is Clc1ccc(OCc2nc3cccnc3o2)c(Cl)c1. The summed E-state index contributed by atoms with van der Waals surface area (Å²) >= 11 is 11.8. The van der Waals surface area contributed by atoms with Crippen molar-refractivity contribution >= 4 is 34.4 Å². The third kappa shape index (κ3) is 2.64. The molecule has 4 nitrogen and oxygen atoms in total. The van der Waals surface area contributed by atoms with Gasteiger partial charge in [0.15, 0.2) is 6.61 Å². The second-order valence-corrected chi connectivity index (χ2v) is 4.64. The Kier molecular flexibility index (Phi) is 3.27. The van der Waals surface area contributed by atoms with Gasteiger partial charge in [0.05, 0.1) is 5.02 Å². The molecule has 6 heteroatoms. The largest absolute Gasteiger partial charge is 0.482 e. The summed E-state index contributed by atoms with van der Waals surface area (Å²) in [5.74, 6) is 0.973. The van der Waals surface area contributed by atoms with E-state index in [1.165, 1.54) is 0 Å². The number of halogens is 2. The van der Waals surface area contributed by atoms with Crippen LogP contribution >= 0.6 is 23.2 Å². The summed E-state index contributed by atoms with van der Waals surface area (Å²) in [5.41, 5.74) is 1.19. The molecule has 0 aliphatic heterocycles. The Balaban J connectivity index is 1.78. The van der Waals surface area contributed by atoms with Crippen LogP contribution in [0.1, 0.15) is 5.89 Å².